The number of halogens is 1. The summed E-state index contributed by atoms with van der Waals surface area (Å²) in [6, 6.07) is 7.61. The Bertz CT molecular complexity index is 803. The van der Waals surface area contributed by atoms with Crippen LogP contribution in [-0.4, -0.2) is 71.4 Å². The first-order valence-electron chi connectivity index (χ1n) is 10.1. The third-order valence-corrected chi connectivity index (χ3v) is 5.76. The molecule has 1 aromatic carbocycles. The number of amides is 1. The fourth-order valence-electron chi connectivity index (χ4n) is 3.95. The Morgan fingerprint density at radius 1 is 1.04 bits per heavy atom. The molecule has 0 bridgehead atoms. The van der Waals surface area contributed by atoms with E-state index in [0.717, 1.165) is 75.7 Å². The third-order valence-electron chi connectivity index (χ3n) is 5.52. The van der Waals surface area contributed by atoms with Gasteiger partial charge in [-0.15, -0.1) is 0 Å². The average molecular weight is 403 g/mol. The molecule has 0 N–H and O–H groups in total. The number of likely N-dealkylation sites (tertiary alicyclic amines) is 1. The molecule has 0 atom stereocenters. The molecule has 2 aliphatic heterocycles. The highest BCUT2D eigenvalue weighted by Crippen LogP contribution is 2.24. The smallest absolute Gasteiger partial charge is 0.236 e. The SMILES string of the molecule is O=C(CN1CCCN(Cc2ncc(-c3cccc(Cl)c3)o2)CC1)N1CCCC1. The number of carbonyl (C=O) groups excluding carboxylic acids is 1. The highest BCUT2D eigenvalue weighted by Gasteiger charge is 2.23. The Balaban J connectivity index is 1.29. The first kappa shape index (κ1) is 19.4. The fourth-order valence-corrected chi connectivity index (χ4v) is 4.14. The molecule has 28 heavy (non-hydrogen) atoms. The van der Waals surface area contributed by atoms with Crippen molar-refractivity contribution in [2.45, 2.75) is 25.8 Å². The minimum Gasteiger partial charge on any atom is -0.439 e. The van der Waals surface area contributed by atoms with Gasteiger partial charge < -0.3 is 9.32 Å². The number of hydrogen-bond acceptors (Lipinski definition) is 5. The molecule has 7 heteroatoms. The molecule has 2 fully saturated rings. The van der Waals surface area contributed by atoms with Crippen LogP contribution in [0.15, 0.2) is 34.9 Å². The summed E-state index contributed by atoms with van der Waals surface area (Å²) in [6.07, 6.45) is 5.11. The molecule has 0 unspecified atom stereocenters. The molecule has 2 aliphatic rings. The quantitative estimate of drug-likeness (QED) is 0.769. The van der Waals surface area contributed by atoms with Crippen molar-refractivity contribution in [3.63, 3.8) is 0 Å². The fraction of sp³-hybridized carbons (Fsp3) is 0.524. The number of carbonyl (C=O) groups is 1. The highest BCUT2D eigenvalue weighted by atomic mass is 35.5. The third kappa shape index (κ3) is 4.93. The molecule has 3 heterocycles. The van der Waals surface area contributed by atoms with Gasteiger partial charge in [-0.25, -0.2) is 4.98 Å². The van der Waals surface area contributed by atoms with Crippen LogP contribution in [0, 0.1) is 0 Å². The average Bonchev–Trinajstić information content (AvgIpc) is 3.33. The number of oxazole rings is 1. The molecule has 150 valence electrons. The molecular formula is C21H27ClN4O2. The lowest BCUT2D eigenvalue weighted by atomic mass is 10.2. The molecule has 0 radical (unpaired) electrons. The summed E-state index contributed by atoms with van der Waals surface area (Å²) in [7, 11) is 0. The monoisotopic (exact) mass is 402 g/mol. The van der Waals surface area contributed by atoms with Crippen LogP contribution in [0.4, 0.5) is 0 Å². The van der Waals surface area contributed by atoms with Gasteiger partial charge in [-0.3, -0.25) is 14.6 Å². The van der Waals surface area contributed by atoms with Crippen molar-refractivity contribution >= 4 is 17.5 Å². The summed E-state index contributed by atoms with van der Waals surface area (Å²) in [5, 5.41) is 0.687. The standard InChI is InChI=1S/C21H27ClN4O2/c22-18-6-3-5-17(13-18)19-14-23-20(28-19)15-24-7-4-8-25(12-11-24)16-21(27)26-9-1-2-10-26/h3,5-6,13-14H,1-2,4,7-12,15-16H2. The zero-order valence-corrected chi connectivity index (χ0v) is 16.9. The molecule has 4 rings (SSSR count). The van der Waals surface area contributed by atoms with Crippen molar-refractivity contribution in [1.29, 1.82) is 0 Å². The lowest BCUT2D eigenvalue weighted by molar-refractivity contribution is -0.131. The highest BCUT2D eigenvalue weighted by molar-refractivity contribution is 6.30. The molecule has 6 nitrogen and oxygen atoms in total. The molecule has 0 aliphatic carbocycles. The van der Waals surface area contributed by atoms with E-state index in [1.165, 1.54) is 0 Å². The summed E-state index contributed by atoms with van der Waals surface area (Å²) >= 11 is 6.06. The second kappa shape index (κ2) is 9.07. The van der Waals surface area contributed by atoms with E-state index in [-0.39, 0.29) is 5.91 Å². The number of benzene rings is 1. The van der Waals surface area contributed by atoms with Crippen molar-refractivity contribution in [3.05, 3.63) is 41.4 Å². The Kier molecular flexibility index (Phi) is 6.29. The Morgan fingerprint density at radius 2 is 1.82 bits per heavy atom. The van der Waals surface area contributed by atoms with Gasteiger partial charge in [-0.1, -0.05) is 23.7 Å². The van der Waals surface area contributed by atoms with Crippen LogP contribution >= 0.6 is 11.6 Å². The number of nitrogens with zero attached hydrogens (tertiary/aromatic N) is 4. The van der Waals surface area contributed by atoms with E-state index in [1.54, 1.807) is 6.20 Å². The van der Waals surface area contributed by atoms with E-state index in [2.05, 4.69) is 14.8 Å². The molecule has 0 saturated carbocycles. The van der Waals surface area contributed by atoms with Crippen LogP contribution in [-0.2, 0) is 11.3 Å². The number of aromatic nitrogens is 1. The molecule has 1 amide bonds. The lowest BCUT2D eigenvalue weighted by Crippen LogP contribution is -2.40. The molecule has 2 aromatic rings. The van der Waals surface area contributed by atoms with Gasteiger partial charge in [-0.05, 0) is 44.5 Å². The Hall–Kier alpha value is -1.89. The van der Waals surface area contributed by atoms with Crippen molar-refractivity contribution in [2.75, 3.05) is 45.8 Å². The van der Waals surface area contributed by atoms with Crippen molar-refractivity contribution in [1.82, 2.24) is 19.7 Å². The van der Waals surface area contributed by atoms with Crippen LogP contribution in [0.2, 0.25) is 5.02 Å². The minimum absolute atomic E-state index is 0.282. The van der Waals surface area contributed by atoms with Crippen molar-refractivity contribution in [2.24, 2.45) is 0 Å². The lowest BCUT2D eigenvalue weighted by Gasteiger charge is -2.23. The van der Waals surface area contributed by atoms with Crippen LogP contribution < -0.4 is 0 Å². The summed E-state index contributed by atoms with van der Waals surface area (Å²) in [5.41, 5.74) is 0.939. The van der Waals surface area contributed by atoms with Crippen LogP contribution in [0.25, 0.3) is 11.3 Å². The van der Waals surface area contributed by atoms with Gasteiger partial charge in [0.1, 0.15) is 0 Å². The zero-order chi connectivity index (χ0) is 19.3. The summed E-state index contributed by atoms with van der Waals surface area (Å²) in [4.78, 5) is 23.5. The van der Waals surface area contributed by atoms with E-state index in [4.69, 9.17) is 16.0 Å². The second-order valence-corrected chi connectivity index (χ2v) is 8.06. The minimum atomic E-state index is 0.282. The van der Waals surface area contributed by atoms with E-state index in [0.29, 0.717) is 18.1 Å². The van der Waals surface area contributed by atoms with Crippen molar-refractivity contribution < 1.29 is 9.21 Å². The predicted octanol–water partition coefficient (Wildman–Crippen LogP) is 3.13. The van der Waals surface area contributed by atoms with Gasteiger partial charge in [0.15, 0.2) is 5.76 Å². The normalized spacial score (nSPS) is 19.1. The van der Waals surface area contributed by atoms with Gasteiger partial charge in [0.2, 0.25) is 11.8 Å². The van der Waals surface area contributed by atoms with Crippen LogP contribution in [0.1, 0.15) is 25.2 Å². The second-order valence-electron chi connectivity index (χ2n) is 7.62. The van der Waals surface area contributed by atoms with Gasteiger partial charge in [0.05, 0.1) is 19.3 Å². The predicted molar refractivity (Wildman–Crippen MR) is 109 cm³/mol. The van der Waals surface area contributed by atoms with E-state index >= 15 is 0 Å². The molecule has 1 aromatic heterocycles. The topological polar surface area (TPSA) is 52.8 Å². The van der Waals surface area contributed by atoms with E-state index in [1.807, 2.05) is 29.2 Å². The number of hydrogen-bond donors (Lipinski definition) is 0. The maximum Gasteiger partial charge on any atom is 0.236 e. The summed E-state index contributed by atoms with van der Waals surface area (Å²) < 4.78 is 5.94. The largest absolute Gasteiger partial charge is 0.439 e. The van der Waals surface area contributed by atoms with E-state index in [9.17, 15) is 4.79 Å². The van der Waals surface area contributed by atoms with Crippen molar-refractivity contribution in [3.8, 4) is 11.3 Å². The summed E-state index contributed by atoms with van der Waals surface area (Å²) in [6.45, 7) is 6.87. The van der Waals surface area contributed by atoms with Gasteiger partial charge in [0.25, 0.3) is 0 Å². The van der Waals surface area contributed by atoms with Gasteiger partial charge in [0, 0.05) is 36.8 Å². The first-order valence-corrected chi connectivity index (χ1v) is 10.5. The van der Waals surface area contributed by atoms with Gasteiger partial charge >= 0.3 is 0 Å². The van der Waals surface area contributed by atoms with Gasteiger partial charge in [-0.2, -0.15) is 0 Å². The van der Waals surface area contributed by atoms with Crippen LogP contribution in [0.3, 0.4) is 0 Å². The summed E-state index contributed by atoms with van der Waals surface area (Å²) in [5.74, 6) is 1.74. The Morgan fingerprint density at radius 3 is 2.64 bits per heavy atom. The molecule has 2 saturated heterocycles. The maximum atomic E-state index is 12.4. The van der Waals surface area contributed by atoms with Crippen LogP contribution in [0.5, 0.6) is 0 Å². The molecule has 0 spiro atoms. The Labute approximate surface area is 171 Å². The van der Waals surface area contributed by atoms with E-state index < -0.39 is 0 Å². The first-order chi connectivity index (χ1) is 13.7. The maximum absolute atomic E-state index is 12.4. The molecular weight excluding hydrogens is 376 g/mol. The zero-order valence-electron chi connectivity index (χ0n) is 16.1. The number of rotatable bonds is 5.